The minimum atomic E-state index is -1.18. The molecule has 0 unspecified atom stereocenters. The maximum absolute atomic E-state index is 11.0. The third-order valence-corrected chi connectivity index (χ3v) is 6.79. The quantitative estimate of drug-likeness (QED) is 0.0252. The summed E-state index contributed by atoms with van der Waals surface area (Å²) in [5.74, 6) is -4.35. The standard InChI is InChI=1S/2C9H16O5.2C8H14O4.Ca.2H/c2*1-7(2)8(13)14-6-9(3-10,4-11)5-12;2*9-7(10)5-3-1-2-4-6-8(11)12;;;/h2*10-12H,1,3-6H2,2H3;2*1-6H2,(H,9,10)(H,11,12);;;/q;;;;+2;2*-1. The van der Waals surface area contributed by atoms with Crippen molar-refractivity contribution in [1.29, 1.82) is 0 Å². The third-order valence-electron chi connectivity index (χ3n) is 6.79. The van der Waals surface area contributed by atoms with Gasteiger partial charge in [0.05, 0.1) is 50.5 Å². The number of hydrogen-bond acceptors (Lipinski definition) is 14. The fraction of sp³-hybridized carbons (Fsp3) is 0.706. The summed E-state index contributed by atoms with van der Waals surface area (Å²) in [5, 5.41) is 86.4. The van der Waals surface area contributed by atoms with Gasteiger partial charge in [0, 0.05) is 36.8 Å². The average molecular weight is 799 g/mol. The number of aliphatic hydroxyl groups is 6. The van der Waals surface area contributed by atoms with Crippen LogP contribution in [0.5, 0.6) is 0 Å². The van der Waals surface area contributed by atoms with Crippen molar-refractivity contribution in [2.75, 3.05) is 52.9 Å². The monoisotopic (exact) mass is 798 g/mol. The zero-order chi connectivity index (χ0) is 41.2. The Labute approximate surface area is 343 Å². The van der Waals surface area contributed by atoms with Crippen molar-refractivity contribution < 1.29 is 92.2 Å². The molecule has 0 amide bonds. The number of carbonyl (C=O) groups excluding carboxylic acids is 2. The molecule has 0 fully saturated rings. The number of rotatable bonds is 26. The fourth-order valence-corrected chi connectivity index (χ4v) is 3.07. The van der Waals surface area contributed by atoms with E-state index in [1.807, 2.05) is 0 Å². The van der Waals surface area contributed by atoms with Gasteiger partial charge in [-0.3, -0.25) is 19.2 Å². The van der Waals surface area contributed by atoms with Gasteiger partial charge in [-0.1, -0.05) is 38.8 Å². The van der Waals surface area contributed by atoms with Gasteiger partial charge < -0.3 is 63.4 Å². The van der Waals surface area contributed by atoms with Crippen molar-refractivity contribution in [3.63, 3.8) is 0 Å². The molecule has 19 heteroatoms. The van der Waals surface area contributed by atoms with Gasteiger partial charge in [0.15, 0.2) is 0 Å². The molecule has 0 aromatic rings. The number of carboxylic acids is 4. The van der Waals surface area contributed by atoms with Crippen LogP contribution in [0.4, 0.5) is 0 Å². The predicted octanol–water partition coefficient (Wildman–Crippen LogP) is 0.975. The first-order chi connectivity index (χ1) is 24.3. The molecule has 0 saturated heterocycles. The molecule has 0 aromatic carbocycles. The predicted molar refractivity (Wildman–Crippen MR) is 193 cm³/mol. The Morgan fingerprint density at radius 3 is 0.774 bits per heavy atom. The van der Waals surface area contributed by atoms with E-state index in [4.69, 9.17) is 60.5 Å². The first-order valence-corrected chi connectivity index (χ1v) is 16.5. The van der Waals surface area contributed by atoms with E-state index in [0.29, 0.717) is 25.7 Å². The number of aliphatic carboxylic acids is 4. The van der Waals surface area contributed by atoms with Crippen LogP contribution < -0.4 is 0 Å². The minimum Gasteiger partial charge on any atom is -1.00 e. The van der Waals surface area contributed by atoms with Crippen molar-refractivity contribution in [3.8, 4) is 0 Å². The van der Waals surface area contributed by atoms with Gasteiger partial charge in [-0.15, -0.1) is 0 Å². The second kappa shape index (κ2) is 37.6. The summed E-state index contributed by atoms with van der Waals surface area (Å²) in [6.07, 6.45) is 6.56. The summed E-state index contributed by atoms with van der Waals surface area (Å²) in [6, 6.07) is 0. The molecule has 0 atom stereocenters. The topological polar surface area (TPSA) is 323 Å². The molecular formula is C34H62CaO18. The molecule has 18 nitrogen and oxygen atoms in total. The van der Waals surface area contributed by atoms with E-state index in [2.05, 4.69) is 13.2 Å². The number of esters is 2. The Morgan fingerprint density at radius 1 is 0.453 bits per heavy atom. The first kappa shape index (κ1) is 59.6. The van der Waals surface area contributed by atoms with E-state index in [0.717, 1.165) is 25.7 Å². The van der Waals surface area contributed by atoms with Crippen LogP contribution in [0, 0.1) is 10.8 Å². The fourth-order valence-electron chi connectivity index (χ4n) is 3.07. The number of unbranched alkanes of at least 4 members (excludes halogenated alkanes) is 6. The van der Waals surface area contributed by atoms with Crippen LogP contribution in [0.3, 0.4) is 0 Å². The second-order valence-electron chi connectivity index (χ2n) is 12.1. The Morgan fingerprint density at radius 2 is 0.642 bits per heavy atom. The molecule has 0 rings (SSSR count). The number of carbonyl (C=O) groups is 6. The molecule has 308 valence electrons. The van der Waals surface area contributed by atoms with Crippen LogP contribution in [0.15, 0.2) is 24.3 Å². The smallest absolute Gasteiger partial charge is 1.00 e. The van der Waals surface area contributed by atoms with Crippen molar-refractivity contribution in [2.24, 2.45) is 10.8 Å². The number of hydrogen-bond donors (Lipinski definition) is 10. The van der Waals surface area contributed by atoms with E-state index < -0.39 is 86.3 Å². The molecule has 0 heterocycles. The minimum absolute atomic E-state index is 0. The van der Waals surface area contributed by atoms with Crippen molar-refractivity contribution in [2.45, 2.75) is 90.9 Å². The largest absolute Gasteiger partial charge is 2.00 e. The summed E-state index contributed by atoms with van der Waals surface area (Å²) in [7, 11) is 0. The van der Waals surface area contributed by atoms with Crippen molar-refractivity contribution in [1.82, 2.24) is 0 Å². The number of carboxylic acid groups (broad SMARTS) is 4. The summed E-state index contributed by atoms with van der Waals surface area (Å²) >= 11 is 0. The summed E-state index contributed by atoms with van der Waals surface area (Å²) < 4.78 is 9.45. The SMILES string of the molecule is C=C(C)C(=O)OCC(CO)(CO)CO.C=C(C)C(=O)OCC(CO)(CO)CO.O=C(O)CCCCCCC(=O)O.O=C(O)CCCCCCC(=O)O.[Ca+2].[H-].[H-]. The molecule has 0 radical (unpaired) electrons. The van der Waals surface area contributed by atoms with Crippen LogP contribution in [-0.4, -0.2) is 177 Å². The van der Waals surface area contributed by atoms with E-state index in [1.54, 1.807) is 0 Å². The Bertz CT molecular complexity index is 932. The van der Waals surface area contributed by atoms with Crippen LogP contribution in [0.25, 0.3) is 0 Å². The van der Waals surface area contributed by atoms with E-state index in [9.17, 15) is 28.8 Å². The summed E-state index contributed by atoms with van der Waals surface area (Å²) in [4.78, 5) is 62.1. The van der Waals surface area contributed by atoms with Crippen LogP contribution in [-0.2, 0) is 38.2 Å². The van der Waals surface area contributed by atoms with Gasteiger partial charge >= 0.3 is 73.6 Å². The van der Waals surface area contributed by atoms with E-state index >= 15 is 0 Å². The summed E-state index contributed by atoms with van der Waals surface area (Å²) in [6.45, 7) is 6.52. The number of aliphatic hydroxyl groups excluding tert-OH is 6. The summed E-state index contributed by atoms with van der Waals surface area (Å²) in [5.41, 5.74) is -1.89. The van der Waals surface area contributed by atoms with Crippen LogP contribution in [0.2, 0.25) is 0 Å². The van der Waals surface area contributed by atoms with Gasteiger partial charge in [-0.05, 0) is 39.5 Å². The van der Waals surface area contributed by atoms with Crippen molar-refractivity contribution >= 4 is 73.6 Å². The molecule has 0 aliphatic rings. The first-order valence-electron chi connectivity index (χ1n) is 16.5. The molecule has 53 heavy (non-hydrogen) atoms. The van der Waals surface area contributed by atoms with Crippen LogP contribution >= 0.6 is 0 Å². The Hall–Kier alpha value is -2.68. The molecule has 0 spiro atoms. The molecule has 0 aromatic heterocycles. The molecule has 10 N–H and O–H groups in total. The van der Waals surface area contributed by atoms with Crippen molar-refractivity contribution in [3.05, 3.63) is 24.3 Å². The average Bonchev–Trinajstić information content (AvgIpc) is 3.09. The van der Waals surface area contributed by atoms with Gasteiger partial charge in [0.25, 0.3) is 0 Å². The molecule has 0 saturated carbocycles. The van der Waals surface area contributed by atoms with E-state index in [1.165, 1.54) is 13.8 Å². The Kier molecular flexibility index (Phi) is 42.3. The molecule has 0 bridgehead atoms. The van der Waals surface area contributed by atoms with Gasteiger partial charge in [-0.2, -0.15) is 0 Å². The second-order valence-corrected chi connectivity index (χ2v) is 12.1. The third kappa shape index (κ3) is 38.8. The normalized spacial score (nSPS) is 10.3. The maximum Gasteiger partial charge on any atom is 2.00 e. The zero-order valence-corrected chi connectivity index (χ0v) is 33.2. The maximum atomic E-state index is 11.0. The van der Waals surface area contributed by atoms with Gasteiger partial charge in [0.2, 0.25) is 0 Å². The molecule has 0 aliphatic heterocycles. The molecular weight excluding hydrogens is 736 g/mol. The Balaban J connectivity index is -0.000000110. The van der Waals surface area contributed by atoms with Gasteiger partial charge in [-0.25, -0.2) is 9.59 Å². The van der Waals surface area contributed by atoms with Crippen LogP contribution in [0.1, 0.15) is 93.8 Å². The zero-order valence-electron chi connectivity index (χ0n) is 33.0. The van der Waals surface area contributed by atoms with E-state index in [-0.39, 0.29) is 90.6 Å². The number of ether oxygens (including phenoxy) is 2. The molecule has 0 aliphatic carbocycles. The van der Waals surface area contributed by atoms with Gasteiger partial charge in [0.1, 0.15) is 13.2 Å².